The summed E-state index contributed by atoms with van der Waals surface area (Å²) in [5.41, 5.74) is 0.0447. The molecule has 0 amide bonds. The molecule has 0 aromatic rings. The third-order valence-corrected chi connectivity index (χ3v) is 2.90. The van der Waals surface area contributed by atoms with Crippen molar-refractivity contribution in [1.29, 1.82) is 0 Å². The molecule has 0 aromatic heterocycles. The van der Waals surface area contributed by atoms with E-state index in [2.05, 4.69) is 26.1 Å². The van der Waals surface area contributed by atoms with E-state index >= 15 is 0 Å². The predicted molar refractivity (Wildman–Crippen MR) is 59.3 cm³/mol. The Morgan fingerprint density at radius 2 is 1.79 bits per heavy atom. The number of carbonyl (C=O) groups is 1. The molecule has 0 aliphatic heterocycles. The Bertz CT molecular complexity index is 177. The van der Waals surface area contributed by atoms with E-state index in [4.69, 9.17) is 0 Å². The fraction of sp³-hybridized carbons (Fsp3) is 0.917. The number of carbonyl (C=O) groups excluding carboxylic acids is 1. The van der Waals surface area contributed by atoms with E-state index in [9.17, 15) is 4.79 Å². The molecule has 2 heteroatoms. The fourth-order valence-corrected chi connectivity index (χ4v) is 2.26. The normalized spacial score (nSPS) is 21.9. The maximum Gasteiger partial charge on any atom is 0.137 e. The molecule has 1 saturated carbocycles. The zero-order valence-electron chi connectivity index (χ0n) is 9.68. The van der Waals surface area contributed by atoms with Crippen molar-refractivity contribution in [3.05, 3.63) is 0 Å². The number of hydrogen-bond donors (Lipinski definition) is 1. The van der Waals surface area contributed by atoms with Gasteiger partial charge in [-0.1, -0.05) is 19.3 Å². The van der Waals surface area contributed by atoms with E-state index in [0.717, 1.165) is 6.29 Å². The van der Waals surface area contributed by atoms with Crippen molar-refractivity contribution in [3.8, 4) is 0 Å². The minimum Gasteiger partial charge on any atom is -0.303 e. The average Bonchev–Trinajstić information content (AvgIpc) is 2.14. The lowest BCUT2D eigenvalue weighted by Gasteiger charge is -2.32. The first-order valence-corrected chi connectivity index (χ1v) is 5.76. The summed E-state index contributed by atoms with van der Waals surface area (Å²) in [4.78, 5) is 11.0. The first-order valence-electron chi connectivity index (χ1n) is 5.76. The monoisotopic (exact) mass is 197 g/mol. The Morgan fingerprint density at radius 3 is 2.21 bits per heavy atom. The van der Waals surface area contributed by atoms with Crippen LogP contribution in [0.25, 0.3) is 0 Å². The van der Waals surface area contributed by atoms with E-state index in [1.807, 2.05) is 0 Å². The molecule has 0 saturated heterocycles. The maximum absolute atomic E-state index is 11.0. The molecule has 1 atom stereocenters. The summed E-state index contributed by atoms with van der Waals surface area (Å²) < 4.78 is 0. The molecule has 1 fully saturated rings. The zero-order valence-corrected chi connectivity index (χ0v) is 9.68. The van der Waals surface area contributed by atoms with E-state index in [-0.39, 0.29) is 11.6 Å². The van der Waals surface area contributed by atoms with Gasteiger partial charge >= 0.3 is 0 Å². The van der Waals surface area contributed by atoms with E-state index in [0.29, 0.717) is 5.92 Å². The Hall–Kier alpha value is -0.370. The highest BCUT2D eigenvalue weighted by atomic mass is 16.1. The smallest absolute Gasteiger partial charge is 0.137 e. The highest BCUT2D eigenvalue weighted by Gasteiger charge is 2.26. The molecule has 1 N–H and O–H groups in total. The van der Waals surface area contributed by atoms with Crippen LogP contribution in [0.5, 0.6) is 0 Å². The number of hydrogen-bond acceptors (Lipinski definition) is 2. The van der Waals surface area contributed by atoms with Crippen molar-refractivity contribution in [2.45, 2.75) is 64.5 Å². The van der Waals surface area contributed by atoms with Crippen molar-refractivity contribution in [2.24, 2.45) is 5.92 Å². The molecule has 2 nitrogen and oxygen atoms in total. The number of rotatable bonds is 3. The van der Waals surface area contributed by atoms with Crippen LogP contribution in [0.1, 0.15) is 52.9 Å². The molecule has 1 rings (SSSR count). The van der Waals surface area contributed by atoms with E-state index in [1.54, 1.807) is 0 Å². The van der Waals surface area contributed by atoms with Gasteiger partial charge in [0.1, 0.15) is 6.29 Å². The highest BCUT2D eigenvalue weighted by Crippen LogP contribution is 2.26. The number of aldehydes is 1. The lowest BCUT2D eigenvalue weighted by molar-refractivity contribution is -0.111. The van der Waals surface area contributed by atoms with Crippen LogP contribution >= 0.6 is 0 Å². The van der Waals surface area contributed by atoms with Crippen LogP contribution in [0.15, 0.2) is 0 Å². The summed E-state index contributed by atoms with van der Waals surface area (Å²) >= 11 is 0. The zero-order chi connectivity index (χ0) is 10.6. The molecule has 0 unspecified atom stereocenters. The number of nitrogens with one attached hydrogen (secondary N) is 1. The van der Waals surface area contributed by atoms with Gasteiger partial charge < -0.3 is 10.1 Å². The van der Waals surface area contributed by atoms with Gasteiger partial charge in [0.15, 0.2) is 0 Å². The van der Waals surface area contributed by atoms with Gasteiger partial charge in [-0.25, -0.2) is 0 Å². The highest BCUT2D eigenvalue weighted by molar-refractivity contribution is 5.58. The minimum absolute atomic E-state index is 0.0447. The summed E-state index contributed by atoms with van der Waals surface area (Å²) in [6.07, 6.45) is 7.46. The maximum atomic E-state index is 11.0. The minimum atomic E-state index is 0.0447. The Labute approximate surface area is 87.5 Å². The largest absolute Gasteiger partial charge is 0.303 e. The molecular formula is C12H23NO. The standard InChI is InChI=1S/C12H23NO/c1-12(2,3)13-11(9-14)10-7-5-4-6-8-10/h9-11,13H,4-8H2,1-3H3/t11-/m1/s1. The second kappa shape index (κ2) is 4.92. The lowest BCUT2D eigenvalue weighted by atomic mass is 9.83. The van der Waals surface area contributed by atoms with Crippen LogP contribution < -0.4 is 5.32 Å². The summed E-state index contributed by atoms with van der Waals surface area (Å²) in [5, 5.41) is 3.41. The van der Waals surface area contributed by atoms with Crippen LogP contribution in [-0.2, 0) is 4.79 Å². The molecule has 0 heterocycles. The third-order valence-electron chi connectivity index (χ3n) is 2.90. The van der Waals surface area contributed by atoms with Crippen molar-refractivity contribution in [1.82, 2.24) is 5.32 Å². The van der Waals surface area contributed by atoms with E-state index in [1.165, 1.54) is 32.1 Å². The van der Waals surface area contributed by atoms with Gasteiger partial charge in [0.05, 0.1) is 6.04 Å². The van der Waals surface area contributed by atoms with Gasteiger partial charge in [-0.15, -0.1) is 0 Å². The first-order chi connectivity index (χ1) is 6.53. The summed E-state index contributed by atoms with van der Waals surface area (Å²) in [6.45, 7) is 6.35. The van der Waals surface area contributed by atoms with Crippen LogP contribution in [-0.4, -0.2) is 17.9 Å². The lowest BCUT2D eigenvalue weighted by Crippen LogP contribution is -2.48. The Balaban J connectivity index is 2.47. The van der Waals surface area contributed by atoms with Gasteiger partial charge in [-0.3, -0.25) is 0 Å². The molecule has 0 spiro atoms. The van der Waals surface area contributed by atoms with Crippen molar-refractivity contribution >= 4 is 6.29 Å². The molecule has 82 valence electrons. The Morgan fingerprint density at radius 1 is 1.21 bits per heavy atom. The quantitative estimate of drug-likeness (QED) is 0.704. The molecule has 0 aromatic carbocycles. The second-order valence-electron chi connectivity index (χ2n) is 5.45. The average molecular weight is 197 g/mol. The topological polar surface area (TPSA) is 29.1 Å². The molecular weight excluding hydrogens is 174 g/mol. The van der Waals surface area contributed by atoms with Gasteiger partial charge in [0.2, 0.25) is 0 Å². The van der Waals surface area contributed by atoms with Crippen molar-refractivity contribution in [3.63, 3.8) is 0 Å². The molecule has 1 aliphatic rings. The van der Waals surface area contributed by atoms with Crippen LogP contribution in [0.4, 0.5) is 0 Å². The van der Waals surface area contributed by atoms with Crippen LogP contribution in [0, 0.1) is 5.92 Å². The van der Waals surface area contributed by atoms with Crippen molar-refractivity contribution < 1.29 is 4.79 Å². The van der Waals surface area contributed by atoms with Crippen molar-refractivity contribution in [2.75, 3.05) is 0 Å². The Kier molecular flexibility index (Phi) is 4.11. The van der Waals surface area contributed by atoms with Crippen LogP contribution in [0.2, 0.25) is 0 Å². The fourth-order valence-electron chi connectivity index (χ4n) is 2.26. The van der Waals surface area contributed by atoms with Gasteiger partial charge in [0, 0.05) is 5.54 Å². The summed E-state index contributed by atoms with van der Waals surface area (Å²) in [7, 11) is 0. The molecule has 0 radical (unpaired) electrons. The SMILES string of the molecule is CC(C)(C)N[C@H](C=O)C1CCCCC1. The molecule has 0 bridgehead atoms. The molecule has 14 heavy (non-hydrogen) atoms. The summed E-state index contributed by atoms with van der Waals surface area (Å²) in [5.74, 6) is 0.570. The predicted octanol–water partition coefficient (Wildman–Crippen LogP) is 2.52. The second-order valence-corrected chi connectivity index (χ2v) is 5.45. The van der Waals surface area contributed by atoms with Gasteiger partial charge in [-0.2, -0.15) is 0 Å². The molecule has 1 aliphatic carbocycles. The van der Waals surface area contributed by atoms with Crippen LogP contribution in [0.3, 0.4) is 0 Å². The summed E-state index contributed by atoms with van der Waals surface area (Å²) in [6, 6.07) is 0.0651. The van der Waals surface area contributed by atoms with Gasteiger partial charge in [-0.05, 0) is 39.5 Å². The van der Waals surface area contributed by atoms with Gasteiger partial charge in [0.25, 0.3) is 0 Å². The first kappa shape index (κ1) is 11.7. The third kappa shape index (κ3) is 3.79. The van der Waals surface area contributed by atoms with E-state index < -0.39 is 0 Å².